The highest BCUT2D eigenvalue weighted by Gasteiger charge is 2.17. The summed E-state index contributed by atoms with van der Waals surface area (Å²) >= 11 is 0. The summed E-state index contributed by atoms with van der Waals surface area (Å²) < 4.78 is 0. The second kappa shape index (κ2) is 7.00. The summed E-state index contributed by atoms with van der Waals surface area (Å²) in [6.07, 6.45) is 10.7. The van der Waals surface area contributed by atoms with Crippen molar-refractivity contribution in [2.24, 2.45) is 5.92 Å². The standard InChI is InChI=1S/C14H26N2O/c17-14(16-10-4-5-11-16)12-15-9-8-13-6-2-1-3-7-13/h13,15H,1-12H2. The molecule has 1 aliphatic heterocycles. The number of hydrogen-bond donors (Lipinski definition) is 1. The fourth-order valence-electron chi connectivity index (χ4n) is 3.06. The topological polar surface area (TPSA) is 32.3 Å². The molecule has 2 rings (SSSR count). The van der Waals surface area contributed by atoms with Gasteiger partial charge in [0.2, 0.25) is 5.91 Å². The number of carbonyl (C=O) groups is 1. The van der Waals surface area contributed by atoms with E-state index in [9.17, 15) is 4.79 Å². The van der Waals surface area contributed by atoms with Gasteiger partial charge in [0.15, 0.2) is 0 Å². The third kappa shape index (κ3) is 4.30. The van der Waals surface area contributed by atoms with E-state index in [0.29, 0.717) is 12.5 Å². The van der Waals surface area contributed by atoms with Gasteiger partial charge in [0.1, 0.15) is 0 Å². The molecule has 1 heterocycles. The van der Waals surface area contributed by atoms with Crippen LogP contribution in [-0.2, 0) is 4.79 Å². The molecule has 98 valence electrons. The average molecular weight is 238 g/mol. The molecule has 2 fully saturated rings. The van der Waals surface area contributed by atoms with Gasteiger partial charge in [0.25, 0.3) is 0 Å². The molecule has 1 N–H and O–H groups in total. The lowest BCUT2D eigenvalue weighted by Crippen LogP contribution is -2.36. The lowest BCUT2D eigenvalue weighted by Gasteiger charge is -2.21. The second-order valence-corrected chi connectivity index (χ2v) is 5.56. The van der Waals surface area contributed by atoms with Gasteiger partial charge >= 0.3 is 0 Å². The zero-order valence-corrected chi connectivity index (χ0v) is 10.9. The summed E-state index contributed by atoms with van der Waals surface area (Å²) in [7, 11) is 0. The maximum Gasteiger partial charge on any atom is 0.236 e. The summed E-state index contributed by atoms with van der Waals surface area (Å²) in [6.45, 7) is 3.52. The quantitative estimate of drug-likeness (QED) is 0.745. The predicted molar refractivity (Wildman–Crippen MR) is 69.9 cm³/mol. The van der Waals surface area contributed by atoms with E-state index in [1.165, 1.54) is 51.4 Å². The molecule has 1 saturated heterocycles. The molecule has 3 nitrogen and oxygen atoms in total. The van der Waals surface area contributed by atoms with Crippen LogP contribution in [0.1, 0.15) is 51.4 Å². The number of nitrogens with zero attached hydrogens (tertiary/aromatic N) is 1. The molecule has 17 heavy (non-hydrogen) atoms. The van der Waals surface area contributed by atoms with Crippen LogP contribution in [0, 0.1) is 5.92 Å². The van der Waals surface area contributed by atoms with Crippen molar-refractivity contribution in [1.82, 2.24) is 10.2 Å². The molecule has 0 atom stereocenters. The first-order valence-corrected chi connectivity index (χ1v) is 7.35. The van der Waals surface area contributed by atoms with E-state index in [1.807, 2.05) is 4.90 Å². The Morgan fingerprint density at radius 3 is 2.47 bits per heavy atom. The third-order valence-corrected chi connectivity index (χ3v) is 4.19. The summed E-state index contributed by atoms with van der Waals surface area (Å²) in [5.41, 5.74) is 0. The van der Waals surface area contributed by atoms with Crippen LogP contribution in [-0.4, -0.2) is 37.0 Å². The van der Waals surface area contributed by atoms with Gasteiger partial charge < -0.3 is 10.2 Å². The highest BCUT2D eigenvalue weighted by atomic mass is 16.2. The lowest BCUT2D eigenvalue weighted by atomic mass is 9.87. The fraction of sp³-hybridized carbons (Fsp3) is 0.929. The number of hydrogen-bond acceptors (Lipinski definition) is 2. The lowest BCUT2D eigenvalue weighted by molar-refractivity contribution is -0.129. The van der Waals surface area contributed by atoms with Crippen molar-refractivity contribution >= 4 is 5.91 Å². The third-order valence-electron chi connectivity index (χ3n) is 4.19. The molecule has 0 aromatic rings. The summed E-state index contributed by atoms with van der Waals surface area (Å²) in [4.78, 5) is 13.8. The predicted octanol–water partition coefficient (Wildman–Crippen LogP) is 2.17. The molecule has 0 aromatic heterocycles. The Labute approximate surface area is 105 Å². The van der Waals surface area contributed by atoms with Gasteiger partial charge in [0, 0.05) is 13.1 Å². The first-order chi connectivity index (χ1) is 8.36. The minimum absolute atomic E-state index is 0.297. The second-order valence-electron chi connectivity index (χ2n) is 5.56. The summed E-state index contributed by atoms with van der Waals surface area (Å²) in [6, 6.07) is 0. The first kappa shape index (κ1) is 12.9. The van der Waals surface area contributed by atoms with Gasteiger partial charge in [-0.3, -0.25) is 4.79 Å². The van der Waals surface area contributed by atoms with E-state index in [1.54, 1.807) is 0 Å². The molecule has 3 heteroatoms. The van der Waals surface area contributed by atoms with Gasteiger partial charge in [0.05, 0.1) is 6.54 Å². The van der Waals surface area contributed by atoms with E-state index in [2.05, 4.69) is 5.32 Å². The van der Waals surface area contributed by atoms with Crippen LogP contribution in [0.25, 0.3) is 0 Å². The zero-order chi connectivity index (χ0) is 11.9. The van der Waals surface area contributed by atoms with Crippen LogP contribution in [0.3, 0.4) is 0 Å². The molecule has 1 amide bonds. The molecule has 0 unspecified atom stereocenters. The molecule has 0 radical (unpaired) electrons. The van der Waals surface area contributed by atoms with E-state index < -0.39 is 0 Å². The van der Waals surface area contributed by atoms with Gasteiger partial charge in [-0.05, 0) is 31.7 Å². The van der Waals surface area contributed by atoms with E-state index in [-0.39, 0.29) is 0 Å². The van der Waals surface area contributed by atoms with Crippen molar-refractivity contribution in [2.75, 3.05) is 26.2 Å². The van der Waals surface area contributed by atoms with Crippen molar-refractivity contribution in [1.29, 1.82) is 0 Å². The van der Waals surface area contributed by atoms with Gasteiger partial charge in [-0.15, -0.1) is 0 Å². The molecule has 1 aliphatic carbocycles. The van der Waals surface area contributed by atoms with Gasteiger partial charge in [-0.1, -0.05) is 32.1 Å². The monoisotopic (exact) mass is 238 g/mol. The van der Waals surface area contributed by atoms with Crippen LogP contribution in [0.2, 0.25) is 0 Å². The SMILES string of the molecule is O=C(CNCCC1CCCCC1)N1CCCC1. The number of nitrogens with one attached hydrogen (secondary N) is 1. The largest absolute Gasteiger partial charge is 0.342 e. The Morgan fingerprint density at radius 2 is 1.76 bits per heavy atom. The Kier molecular flexibility index (Phi) is 5.30. The van der Waals surface area contributed by atoms with E-state index in [4.69, 9.17) is 0 Å². The molecule has 0 aromatic carbocycles. The van der Waals surface area contributed by atoms with Crippen LogP contribution < -0.4 is 5.32 Å². The van der Waals surface area contributed by atoms with Crippen molar-refractivity contribution < 1.29 is 4.79 Å². The highest BCUT2D eigenvalue weighted by Crippen LogP contribution is 2.25. The van der Waals surface area contributed by atoms with E-state index >= 15 is 0 Å². The van der Waals surface area contributed by atoms with Crippen molar-refractivity contribution in [3.05, 3.63) is 0 Å². The maximum atomic E-state index is 11.8. The van der Waals surface area contributed by atoms with Crippen LogP contribution in [0.5, 0.6) is 0 Å². The average Bonchev–Trinajstić information content (AvgIpc) is 2.89. The Hall–Kier alpha value is -0.570. The Balaban J connectivity index is 1.51. The normalized spacial score (nSPS) is 22.0. The molecule has 0 spiro atoms. The van der Waals surface area contributed by atoms with E-state index in [0.717, 1.165) is 25.6 Å². The first-order valence-electron chi connectivity index (χ1n) is 7.35. The van der Waals surface area contributed by atoms with Crippen molar-refractivity contribution in [3.63, 3.8) is 0 Å². The highest BCUT2D eigenvalue weighted by molar-refractivity contribution is 5.78. The van der Waals surface area contributed by atoms with Gasteiger partial charge in [-0.25, -0.2) is 0 Å². The number of rotatable bonds is 5. The van der Waals surface area contributed by atoms with Crippen LogP contribution in [0.4, 0.5) is 0 Å². The number of likely N-dealkylation sites (tertiary alicyclic amines) is 1. The molecule has 1 saturated carbocycles. The molecule has 0 bridgehead atoms. The molecular weight excluding hydrogens is 212 g/mol. The van der Waals surface area contributed by atoms with Crippen molar-refractivity contribution in [2.45, 2.75) is 51.4 Å². The summed E-state index contributed by atoms with van der Waals surface area (Å²) in [5.74, 6) is 1.21. The Morgan fingerprint density at radius 1 is 1.06 bits per heavy atom. The van der Waals surface area contributed by atoms with Gasteiger partial charge in [-0.2, -0.15) is 0 Å². The minimum atomic E-state index is 0.297. The number of amides is 1. The zero-order valence-electron chi connectivity index (χ0n) is 10.9. The minimum Gasteiger partial charge on any atom is -0.342 e. The molecular formula is C14H26N2O. The smallest absolute Gasteiger partial charge is 0.236 e. The fourth-order valence-corrected chi connectivity index (χ4v) is 3.06. The maximum absolute atomic E-state index is 11.8. The Bertz CT molecular complexity index is 230. The van der Waals surface area contributed by atoms with Crippen molar-refractivity contribution in [3.8, 4) is 0 Å². The summed E-state index contributed by atoms with van der Waals surface area (Å²) in [5, 5.41) is 3.32. The molecule has 2 aliphatic rings. The number of carbonyl (C=O) groups excluding carboxylic acids is 1. The van der Waals surface area contributed by atoms with Crippen LogP contribution in [0.15, 0.2) is 0 Å². The van der Waals surface area contributed by atoms with Crippen LogP contribution >= 0.6 is 0 Å².